The minimum Gasteiger partial charge on any atom is -0.347 e. The van der Waals surface area contributed by atoms with Gasteiger partial charge >= 0.3 is 15.5 Å². The van der Waals surface area contributed by atoms with E-state index in [1.807, 2.05) is 62.6 Å². The molecule has 9 heteroatoms. The van der Waals surface area contributed by atoms with E-state index in [9.17, 15) is 21.6 Å². The summed E-state index contributed by atoms with van der Waals surface area (Å²) in [5.41, 5.74) is 1.47. The number of anilines is 2. The summed E-state index contributed by atoms with van der Waals surface area (Å²) in [6.07, 6.45) is 8.23. The third-order valence-electron chi connectivity index (χ3n) is 9.01. The zero-order valence-corrected chi connectivity index (χ0v) is 25.9. The first kappa shape index (κ1) is 29.9. The Labute approximate surface area is 246 Å². The fourth-order valence-corrected chi connectivity index (χ4v) is 7.46. The van der Waals surface area contributed by atoms with Gasteiger partial charge in [0.15, 0.2) is 7.05 Å². The Hall–Kier alpha value is -3.59. The van der Waals surface area contributed by atoms with Gasteiger partial charge in [0.2, 0.25) is 5.71 Å². The van der Waals surface area contributed by atoms with Crippen LogP contribution in [0.1, 0.15) is 51.7 Å². The first-order valence-electron chi connectivity index (χ1n) is 13.9. The number of sulfonamides is 1. The average Bonchev–Trinajstić information content (AvgIpc) is 3.48. The SMILES string of the molecule is CN1C(=CC=C2CCC(=CC=C3N(C)c4ccccc4C3(C)C)C2=[N+](C)S(=O)(=O)C(F)(F)F)C(C)(C)c2ccccc21. The molecule has 5 nitrogen and oxygen atoms in total. The zero-order valence-electron chi connectivity index (χ0n) is 25.0. The van der Waals surface area contributed by atoms with E-state index in [1.165, 1.54) is 0 Å². The normalized spacial score (nSPS) is 23.4. The molecule has 3 aliphatic rings. The summed E-state index contributed by atoms with van der Waals surface area (Å²) in [5, 5.41) is 0. The molecule has 1 saturated carbocycles. The highest BCUT2D eigenvalue weighted by Gasteiger charge is 2.55. The predicted octanol–water partition coefficient (Wildman–Crippen LogP) is 7.19. The lowest BCUT2D eigenvalue weighted by Gasteiger charge is -2.24. The average molecular weight is 597 g/mol. The van der Waals surface area contributed by atoms with Crippen molar-refractivity contribution in [2.75, 3.05) is 30.9 Å². The first-order valence-corrected chi connectivity index (χ1v) is 15.4. The topological polar surface area (TPSA) is 43.6 Å². The van der Waals surface area contributed by atoms with Crippen LogP contribution in [-0.4, -0.2) is 44.8 Å². The maximum absolute atomic E-state index is 13.7. The molecule has 5 rings (SSSR count). The summed E-state index contributed by atoms with van der Waals surface area (Å²) in [7, 11) is -0.678. The molecule has 42 heavy (non-hydrogen) atoms. The second-order valence-corrected chi connectivity index (χ2v) is 14.1. The van der Waals surface area contributed by atoms with Crippen molar-refractivity contribution in [2.24, 2.45) is 0 Å². The van der Waals surface area contributed by atoms with Crippen LogP contribution in [0.25, 0.3) is 0 Å². The van der Waals surface area contributed by atoms with Crippen LogP contribution in [0.2, 0.25) is 0 Å². The van der Waals surface area contributed by atoms with Crippen LogP contribution in [0.5, 0.6) is 0 Å². The second kappa shape index (κ2) is 10.0. The molecule has 2 aliphatic heterocycles. The van der Waals surface area contributed by atoms with Crippen LogP contribution < -0.4 is 9.80 Å². The molecule has 1 fully saturated rings. The molecule has 0 radical (unpaired) electrons. The highest BCUT2D eigenvalue weighted by molar-refractivity contribution is 7.86. The molecule has 2 aromatic carbocycles. The molecule has 0 amide bonds. The van der Waals surface area contributed by atoms with Crippen molar-refractivity contribution in [3.8, 4) is 0 Å². The fourth-order valence-electron chi connectivity index (χ4n) is 6.68. The van der Waals surface area contributed by atoms with Gasteiger partial charge in [-0.3, -0.25) is 0 Å². The predicted molar refractivity (Wildman–Crippen MR) is 163 cm³/mol. The number of para-hydroxylation sites is 2. The number of hydrogen-bond donors (Lipinski definition) is 0. The van der Waals surface area contributed by atoms with Gasteiger partial charge in [-0.2, -0.15) is 21.6 Å². The Morgan fingerprint density at radius 1 is 0.738 bits per heavy atom. The van der Waals surface area contributed by atoms with Gasteiger partial charge in [-0.05, 0) is 48.3 Å². The highest BCUT2D eigenvalue weighted by Crippen LogP contribution is 2.48. The molecule has 0 N–H and O–H groups in total. The van der Waals surface area contributed by atoms with E-state index in [-0.39, 0.29) is 16.5 Å². The number of benzene rings is 2. The smallest absolute Gasteiger partial charge is 0.347 e. The Bertz CT molecular complexity index is 1620. The van der Waals surface area contributed by atoms with Crippen LogP contribution >= 0.6 is 0 Å². The van der Waals surface area contributed by atoms with Gasteiger partial charge in [0.1, 0.15) is 0 Å². The van der Waals surface area contributed by atoms with Gasteiger partial charge < -0.3 is 9.80 Å². The van der Waals surface area contributed by atoms with Crippen molar-refractivity contribution in [3.63, 3.8) is 0 Å². The Morgan fingerprint density at radius 2 is 1.12 bits per heavy atom. The summed E-state index contributed by atoms with van der Waals surface area (Å²) in [6, 6.07) is 16.1. The number of allylic oxidation sites excluding steroid dienone is 8. The summed E-state index contributed by atoms with van der Waals surface area (Å²) in [4.78, 5) is 4.15. The van der Waals surface area contributed by atoms with Gasteiger partial charge in [-0.15, -0.1) is 3.98 Å². The van der Waals surface area contributed by atoms with Crippen molar-refractivity contribution in [1.29, 1.82) is 0 Å². The van der Waals surface area contributed by atoms with Gasteiger partial charge in [-0.25, -0.2) is 0 Å². The number of likely N-dealkylation sites (N-methyl/N-ethyl adjacent to an activating group) is 2. The van der Waals surface area contributed by atoms with E-state index in [0.29, 0.717) is 28.0 Å². The van der Waals surface area contributed by atoms with Gasteiger partial charge in [0.05, 0.1) is 0 Å². The molecule has 1 aliphatic carbocycles. The monoisotopic (exact) mass is 596 g/mol. The minimum absolute atomic E-state index is 0.0768. The van der Waals surface area contributed by atoms with Gasteiger partial charge in [-0.1, -0.05) is 76.2 Å². The summed E-state index contributed by atoms with van der Waals surface area (Å²) in [6.45, 7) is 8.42. The Morgan fingerprint density at radius 3 is 1.48 bits per heavy atom. The van der Waals surface area contributed by atoms with E-state index < -0.39 is 15.5 Å². The van der Waals surface area contributed by atoms with Crippen molar-refractivity contribution in [2.45, 2.75) is 56.9 Å². The highest BCUT2D eigenvalue weighted by atomic mass is 32.2. The Balaban J connectivity index is 1.63. The number of hydrogen-bond acceptors (Lipinski definition) is 4. The van der Waals surface area contributed by atoms with Crippen LogP contribution in [0.15, 0.2) is 95.4 Å². The molecule has 0 saturated heterocycles. The zero-order chi connectivity index (χ0) is 30.8. The van der Waals surface area contributed by atoms with E-state index in [1.54, 1.807) is 12.2 Å². The van der Waals surface area contributed by atoms with E-state index >= 15 is 0 Å². The van der Waals surface area contributed by atoms with Crippen LogP contribution in [0, 0.1) is 0 Å². The standard InChI is InChI=1S/C33H37F3N3O2S/c1-31(2)24-12-8-10-14-26(24)37(5)28(31)20-18-22-16-17-23(30(22)39(7)42(40,41)33(34,35)36)19-21-29-32(3,4)25-13-9-11-15-27(25)38(29)6/h8-15,18-21H,16-17H2,1-7H3/q+1. The third kappa shape index (κ3) is 4.53. The van der Waals surface area contributed by atoms with Crippen molar-refractivity contribution >= 4 is 27.1 Å². The molecular weight excluding hydrogens is 559 g/mol. The first-order chi connectivity index (χ1) is 19.5. The maximum Gasteiger partial charge on any atom is 0.560 e. The van der Waals surface area contributed by atoms with Crippen molar-refractivity contribution in [3.05, 3.63) is 107 Å². The van der Waals surface area contributed by atoms with E-state index in [0.717, 1.165) is 40.9 Å². The Kier molecular flexibility index (Phi) is 7.12. The molecular formula is C33H37F3N3O2S+. The summed E-state index contributed by atoms with van der Waals surface area (Å²) < 4.78 is 66.9. The van der Waals surface area contributed by atoms with Crippen LogP contribution in [0.4, 0.5) is 24.5 Å². The van der Waals surface area contributed by atoms with Gasteiger partial charge in [0, 0.05) is 58.8 Å². The summed E-state index contributed by atoms with van der Waals surface area (Å²) >= 11 is 0. The quantitative estimate of drug-likeness (QED) is 0.352. The molecule has 2 heterocycles. The minimum atomic E-state index is -5.60. The van der Waals surface area contributed by atoms with Gasteiger partial charge in [0.25, 0.3) is 0 Å². The number of rotatable bonds is 3. The fraction of sp³-hybridized carbons (Fsp3) is 0.364. The number of nitrogens with zero attached hydrogens (tertiary/aromatic N) is 3. The van der Waals surface area contributed by atoms with Crippen molar-refractivity contribution < 1.29 is 25.6 Å². The lowest BCUT2D eigenvalue weighted by molar-refractivity contribution is -0.340. The van der Waals surface area contributed by atoms with Crippen molar-refractivity contribution in [1.82, 2.24) is 0 Å². The lowest BCUT2D eigenvalue weighted by atomic mass is 9.83. The number of alkyl halides is 3. The molecule has 0 unspecified atom stereocenters. The number of fused-ring (bicyclic) bond motifs is 2. The molecule has 0 spiro atoms. The largest absolute Gasteiger partial charge is 0.560 e. The molecule has 0 bridgehead atoms. The summed E-state index contributed by atoms with van der Waals surface area (Å²) in [5.74, 6) is 0. The molecule has 222 valence electrons. The second-order valence-electron chi connectivity index (χ2n) is 12.2. The maximum atomic E-state index is 13.7. The van der Waals surface area contributed by atoms with Crippen LogP contribution in [-0.2, 0) is 20.9 Å². The third-order valence-corrected chi connectivity index (χ3v) is 10.5. The van der Waals surface area contributed by atoms with E-state index in [4.69, 9.17) is 0 Å². The lowest BCUT2D eigenvalue weighted by Crippen LogP contribution is -2.35. The number of halogens is 3. The van der Waals surface area contributed by atoms with Crippen LogP contribution in [0.3, 0.4) is 0 Å². The molecule has 2 aromatic rings. The molecule has 0 aromatic heterocycles. The van der Waals surface area contributed by atoms with E-state index in [2.05, 4.69) is 49.6 Å². The molecule has 0 atom stereocenters.